The van der Waals surface area contributed by atoms with E-state index < -0.39 is 0 Å². The summed E-state index contributed by atoms with van der Waals surface area (Å²) in [6.45, 7) is 7.64. The van der Waals surface area contributed by atoms with E-state index in [9.17, 15) is 0 Å². The maximum absolute atomic E-state index is 4.36. The second kappa shape index (κ2) is 6.84. The molecule has 1 aromatic rings. The van der Waals surface area contributed by atoms with E-state index in [1.54, 1.807) is 0 Å². The van der Waals surface area contributed by atoms with Gasteiger partial charge in [0.05, 0.1) is 0 Å². The Hall–Kier alpha value is -0.640. The lowest BCUT2D eigenvalue weighted by Crippen LogP contribution is -2.15. The van der Waals surface area contributed by atoms with Crippen molar-refractivity contribution in [1.82, 2.24) is 9.55 Å². The Morgan fingerprint density at radius 2 is 2.19 bits per heavy atom. The zero-order chi connectivity index (χ0) is 12.0. The van der Waals surface area contributed by atoms with E-state index in [0.29, 0.717) is 12.0 Å². The minimum atomic E-state index is 0.518. The van der Waals surface area contributed by atoms with Gasteiger partial charge in [0, 0.05) is 25.0 Å². The first-order chi connectivity index (χ1) is 7.65. The molecule has 0 saturated carbocycles. The van der Waals surface area contributed by atoms with Crippen LogP contribution in [0.4, 0.5) is 5.95 Å². The fourth-order valence-electron chi connectivity index (χ4n) is 1.53. The fraction of sp³-hybridized carbons (Fsp3) is 0.750. The summed E-state index contributed by atoms with van der Waals surface area (Å²) in [5, 5.41) is 3.40. The van der Waals surface area contributed by atoms with Gasteiger partial charge in [0.1, 0.15) is 0 Å². The number of nitrogens with one attached hydrogen (secondary N) is 1. The lowest BCUT2D eigenvalue weighted by atomic mass is 10.2. The standard InChI is InChI=1S/C12H23N3S/c1-10(2)9-14-12-13-6-7-15(12)11(3)5-8-16-4/h6-7,10-11H,5,8-9H2,1-4H3,(H,13,14). The third-order valence-corrected chi connectivity index (χ3v) is 3.20. The van der Waals surface area contributed by atoms with E-state index in [1.165, 1.54) is 12.2 Å². The molecule has 0 radical (unpaired) electrons. The summed E-state index contributed by atoms with van der Waals surface area (Å²) < 4.78 is 2.23. The molecule has 0 fully saturated rings. The maximum Gasteiger partial charge on any atom is 0.203 e. The minimum Gasteiger partial charge on any atom is -0.355 e. The van der Waals surface area contributed by atoms with Crippen LogP contribution in [0.25, 0.3) is 0 Å². The molecule has 0 aliphatic carbocycles. The summed E-state index contributed by atoms with van der Waals surface area (Å²) in [6.07, 6.45) is 7.28. The molecule has 92 valence electrons. The quantitative estimate of drug-likeness (QED) is 0.794. The van der Waals surface area contributed by atoms with Crippen LogP contribution in [0, 0.1) is 5.92 Å². The average Bonchev–Trinajstić information content (AvgIpc) is 2.71. The van der Waals surface area contributed by atoms with Crippen molar-refractivity contribution in [1.29, 1.82) is 0 Å². The number of thioether (sulfide) groups is 1. The zero-order valence-electron chi connectivity index (χ0n) is 10.7. The lowest BCUT2D eigenvalue weighted by molar-refractivity contribution is 0.536. The third-order valence-electron chi connectivity index (χ3n) is 2.55. The van der Waals surface area contributed by atoms with Crippen LogP contribution in [0.2, 0.25) is 0 Å². The molecule has 1 N–H and O–H groups in total. The Balaban J connectivity index is 2.55. The summed E-state index contributed by atoms with van der Waals surface area (Å²) in [4.78, 5) is 4.36. The van der Waals surface area contributed by atoms with Gasteiger partial charge in [-0.3, -0.25) is 0 Å². The molecule has 0 saturated heterocycles. The molecule has 4 heteroatoms. The molecule has 16 heavy (non-hydrogen) atoms. The lowest BCUT2D eigenvalue weighted by Gasteiger charge is -2.17. The molecular weight excluding hydrogens is 218 g/mol. The number of hydrogen-bond donors (Lipinski definition) is 1. The first kappa shape index (κ1) is 13.4. The fourth-order valence-corrected chi connectivity index (χ4v) is 2.11. The van der Waals surface area contributed by atoms with Crippen molar-refractivity contribution >= 4 is 17.7 Å². The van der Waals surface area contributed by atoms with Crippen molar-refractivity contribution in [3.05, 3.63) is 12.4 Å². The highest BCUT2D eigenvalue weighted by Crippen LogP contribution is 2.18. The Morgan fingerprint density at radius 3 is 2.81 bits per heavy atom. The summed E-state index contributed by atoms with van der Waals surface area (Å²) in [7, 11) is 0. The zero-order valence-corrected chi connectivity index (χ0v) is 11.5. The molecule has 0 spiro atoms. The summed E-state index contributed by atoms with van der Waals surface area (Å²) >= 11 is 1.90. The topological polar surface area (TPSA) is 29.9 Å². The van der Waals surface area contributed by atoms with Gasteiger partial charge in [-0.25, -0.2) is 4.98 Å². The number of imidazole rings is 1. The Morgan fingerprint density at radius 1 is 1.44 bits per heavy atom. The highest BCUT2D eigenvalue weighted by molar-refractivity contribution is 7.98. The molecule has 0 aliphatic rings. The van der Waals surface area contributed by atoms with Crippen molar-refractivity contribution < 1.29 is 0 Å². The predicted molar refractivity (Wildman–Crippen MR) is 73.3 cm³/mol. The van der Waals surface area contributed by atoms with Gasteiger partial charge in [0.2, 0.25) is 5.95 Å². The largest absolute Gasteiger partial charge is 0.355 e. The normalized spacial score (nSPS) is 13.1. The first-order valence-corrected chi connectivity index (χ1v) is 7.30. The van der Waals surface area contributed by atoms with Crippen LogP contribution >= 0.6 is 11.8 Å². The van der Waals surface area contributed by atoms with Crippen LogP contribution in [0.3, 0.4) is 0 Å². The third kappa shape index (κ3) is 4.08. The summed E-state index contributed by atoms with van der Waals surface area (Å²) in [6, 6.07) is 0.518. The molecule has 1 heterocycles. The molecule has 1 atom stereocenters. The monoisotopic (exact) mass is 241 g/mol. The smallest absolute Gasteiger partial charge is 0.203 e. The van der Waals surface area contributed by atoms with Crippen molar-refractivity contribution in [2.45, 2.75) is 33.2 Å². The molecule has 0 amide bonds. The van der Waals surface area contributed by atoms with E-state index in [1.807, 2.05) is 18.0 Å². The van der Waals surface area contributed by atoms with Gasteiger partial charge in [-0.2, -0.15) is 11.8 Å². The second-order valence-corrected chi connectivity index (χ2v) is 5.55. The Kier molecular flexibility index (Phi) is 5.74. The summed E-state index contributed by atoms with van der Waals surface area (Å²) in [5.41, 5.74) is 0. The molecule has 1 rings (SSSR count). The van der Waals surface area contributed by atoms with E-state index >= 15 is 0 Å². The van der Waals surface area contributed by atoms with Crippen LogP contribution in [-0.2, 0) is 0 Å². The Bertz CT molecular complexity index is 296. The van der Waals surface area contributed by atoms with Gasteiger partial charge in [-0.05, 0) is 31.3 Å². The second-order valence-electron chi connectivity index (χ2n) is 4.56. The molecule has 1 aromatic heterocycles. The van der Waals surface area contributed by atoms with Crippen molar-refractivity contribution in [3.8, 4) is 0 Å². The van der Waals surface area contributed by atoms with Crippen LogP contribution in [0.15, 0.2) is 12.4 Å². The summed E-state index contributed by atoms with van der Waals surface area (Å²) in [5.74, 6) is 2.84. The SMILES string of the molecule is CSCCC(C)n1ccnc1NCC(C)C. The molecule has 0 aromatic carbocycles. The highest BCUT2D eigenvalue weighted by Gasteiger charge is 2.09. The predicted octanol–water partition coefficient (Wildman–Crippen LogP) is 3.27. The molecular formula is C12H23N3S. The van der Waals surface area contributed by atoms with Gasteiger partial charge in [-0.15, -0.1) is 0 Å². The van der Waals surface area contributed by atoms with Gasteiger partial charge in [0.25, 0.3) is 0 Å². The maximum atomic E-state index is 4.36. The van der Waals surface area contributed by atoms with Crippen LogP contribution in [0.5, 0.6) is 0 Å². The number of anilines is 1. The number of nitrogens with zero attached hydrogens (tertiary/aromatic N) is 2. The van der Waals surface area contributed by atoms with Crippen LogP contribution in [0.1, 0.15) is 33.2 Å². The minimum absolute atomic E-state index is 0.518. The van der Waals surface area contributed by atoms with Crippen LogP contribution < -0.4 is 5.32 Å². The van der Waals surface area contributed by atoms with E-state index in [2.05, 4.69) is 48.1 Å². The highest BCUT2D eigenvalue weighted by atomic mass is 32.2. The van der Waals surface area contributed by atoms with E-state index in [0.717, 1.165) is 12.5 Å². The molecule has 0 bridgehead atoms. The van der Waals surface area contributed by atoms with Gasteiger partial charge in [-0.1, -0.05) is 13.8 Å². The van der Waals surface area contributed by atoms with Gasteiger partial charge >= 0.3 is 0 Å². The number of rotatable bonds is 7. The van der Waals surface area contributed by atoms with Crippen molar-refractivity contribution in [2.24, 2.45) is 5.92 Å². The molecule has 3 nitrogen and oxygen atoms in total. The van der Waals surface area contributed by atoms with Crippen molar-refractivity contribution in [2.75, 3.05) is 23.9 Å². The molecule has 0 aliphatic heterocycles. The Labute approximate surface area is 103 Å². The van der Waals surface area contributed by atoms with E-state index in [-0.39, 0.29) is 0 Å². The first-order valence-electron chi connectivity index (χ1n) is 5.90. The van der Waals surface area contributed by atoms with Crippen LogP contribution in [-0.4, -0.2) is 28.1 Å². The number of aromatic nitrogens is 2. The molecule has 1 unspecified atom stereocenters. The average molecular weight is 241 g/mol. The van der Waals surface area contributed by atoms with E-state index in [4.69, 9.17) is 0 Å². The number of hydrogen-bond acceptors (Lipinski definition) is 3. The van der Waals surface area contributed by atoms with Gasteiger partial charge in [0.15, 0.2) is 0 Å². The van der Waals surface area contributed by atoms with Gasteiger partial charge < -0.3 is 9.88 Å². The van der Waals surface area contributed by atoms with Crippen molar-refractivity contribution in [3.63, 3.8) is 0 Å².